The van der Waals surface area contributed by atoms with Gasteiger partial charge >= 0.3 is 0 Å². The number of aromatic nitrogens is 3. The molecule has 1 aromatic carbocycles. The molecule has 162 valence electrons. The molecule has 0 radical (unpaired) electrons. The first kappa shape index (κ1) is 20.7. The molecule has 0 saturated heterocycles. The van der Waals surface area contributed by atoms with Gasteiger partial charge in [-0.05, 0) is 73.4 Å². The zero-order valence-electron chi connectivity index (χ0n) is 18.0. The minimum atomic E-state index is -0.200. The number of aryl methyl sites for hydroxylation is 1. The maximum Gasteiger partial charge on any atom is 0.261 e. The predicted octanol–water partition coefficient (Wildman–Crippen LogP) is 4.82. The molecule has 2 amide bonds. The molecule has 5 rings (SSSR count). The average molecular weight is 434 g/mol. The van der Waals surface area contributed by atoms with E-state index in [-0.39, 0.29) is 11.8 Å². The lowest BCUT2D eigenvalue weighted by atomic mass is 10.0. The number of benzene rings is 1. The fourth-order valence-corrected chi connectivity index (χ4v) is 4.06. The lowest BCUT2D eigenvalue weighted by Crippen LogP contribution is -2.30. The highest BCUT2D eigenvalue weighted by Gasteiger charge is 2.34. The Hall–Kier alpha value is -4.19. The van der Waals surface area contributed by atoms with Gasteiger partial charge in [-0.15, -0.1) is 0 Å². The van der Waals surface area contributed by atoms with Gasteiger partial charge < -0.3 is 0 Å². The van der Waals surface area contributed by atoms with Gasteiger partial charge in [-0.3, -0.25) is 24.5 Å². The van der Waals surface area contributed by atoms with Crippen LogP contribution < -0.4 is 0 Å². The maximum atomic E-state index is 12.6. The monoisotopic (exact) mass is 434 g/mol. The predicted molar refractivity (Wildman–Crippen MR) is 125 cm³/mol. The van der Waals surface area contributed by atoms with Crippen molar-refractivity contribution in [2.45, 2.75) is 19.3 Å². The molecule has 0 N–H and O–H groups in total. The number of hydrogen-bond donors (Lipinski definition) is 0. The molecule has 33 heavy (non-hydrogen) atoms. The third kappa shape index (κ3) is 4.28. The van der Waals surface area contributed by atoms with Gasteiger partial charge in [0.25, 0.3) is 11.8 Å². The van der Waals surface area contributed by atoms with Crippen LogP contribution in [-0.2, 0) is 6.42 Å². The summed E-state index contributed by atoms with van der Waals surface area (Å²) in [4.78, 5) is 40.1. The quantitative estimate of drug-likeness (QED) is 0.308. The van der Waals surface area contributed by atoms with Crippen LogP contribution in [0.5, 0.6) is 0 Å². The van der Waals surface area contributed by atoms with Crippen LogP contribution >= 0.6 is 0 Å². The molecule has 0 aliphatic carbocycles. The first-order valence-corrected chi connectivity index (χ1v) is 11.0. The summed E-state index contributed by atoms with van der Waals surface area (Å²) in [7, 11) is 0. The molecule has 0 bridgehead atoms. The fraction of sp³-hybridized carbons (Fsp3) is 0.148. The topological polar surface area (TPSA) is 76.1 Å². The number of unbranched alkanes of at least 4 members (excludes halogenated alkanes) is 1. The molecule has 6 heteroatoms. The zero-order valence-corrected chi connectivity index (χ0v) is 18.0. The molecule has 0 fully saturated rings. The molecule has 0 saturated carbocycles. The van der Waals surface area contributed by atoms with E-state index in [1.54, 1.807) is 36.7 Å². The van der Waals surface area contributed by atoms with Crippen LogP contribution in [0.2, 0.25) is 0 Å². The first-order valence-electron chi connectivity index (χ1n) is 11.0. The van der Waals surface area contributed by atoms with E-state index in [1.165, 1.54) is 4.90 Å². The van der Waals surface area contributed by atoms with E-state index < -0.39 is 0 Å². The third-order valence-electron chi connectivity index (χ3n) is 5.72. The Morgan fingerprint density at radius 1 is 0.636 bits per heavy atom. The van der Waals surface area contributed by atoms with Crippen molar-refractivity contribution in [3.8, 4) is 22.8 Å². The van der Waals surface area contributed by atoms with Gasteiger partial charge in [0.2, 0.25) is 0 Å². The second kappa shape index (κ2) is 9.12. The lowest BCUT2D eigenvalue weighted by molar-refractivity contribution is 0.0652. The van der Waals surface area contributed by atoms with Crippen molar-refractivity contribution < 1.29 is 9.59 Å². The number of carbonyl (C=O) groups excluding carboxylic acids is 2. The summed E-state index contributed by atoms with van der Waals surface area (Å²) in [5, 5.41) is 0. The Morgan fingerprint density at radius 2 is 1.18 bits per heavy atom. The molecule has 1 aliphatic heterocycles. The summed E-state index contributed by atoms with van der Waals surface area (Å²) < 4.78 is 0. The van der Waals surface area contributed by atoms with Crippen molar-refractivity contribution in [3.63, 3.8) is 0 Å². The van der Waals surface area contributed by atoms with Crippen molar-refractivity contribution in [3.05, 3.63) is 102 Å². The van der Waals surface area contributed by atoms with Crippen molar-refractivity contribution in [1.29, 1.82) is 0 Å². The zero-order chi connectivity index (χ0) is 22.6. The number of amides is 2. The Bertz CT molecular complexity index is 1210. The summed E-state index contributed by atoms with van der Waals surface area (Å²) in [5.41, 5.74) is 5.33. The number of imide groups is 1. The highest BCUT2D eigenvalue weighted by atomic mass is 16.2. The number of rotatable bonds is 7. The average Bonchev–Trinajstić information content (AvgIpc) is 3.12. The molecule has 0 unspecified atom stereocenters. The van der Waals surface area contributed by atoms with Crippen LogP contribution in [-0.4, -0.2) is 38.2 Å². The highest BCUT2D eigenvalue weighted by Crippen LogP contribution is 2.25. The number of hydrogen-bond acceptors (Lipinski definition) is 5. The Labute approximate surface area is 192 Å². The van der Waals surface area contributed by atoms with Crippen LogP contribution in [0.4, 0.5) is 0 Å². The molecular weight excluding hydrogens is 412 g/mol. The lowest BCUT2D eigenvalue weighted by Gasteiger charge is -2.14. The van der Waals surface area contributed by atoms with E-state index in [0.29, 0.717) is 17.7 Å². The molecule has 6 nitrogen and oxygen atoms in total. The third-order valence-corrected chi connectivity index (χ3v) is 5.72. The second-order valence-corrected chi connectivity index (χ2v) is 7.94. The van der Waals surface area contributed by atoms with Crippen LogP contribution in [0.1, 0.15) is 39.1 Å². The Morgan fingerprint density at radius 3 is 1.70 bits per heavy atom. The van der Waals surface area contributed by atoms with Gasteiger partial charge in [-0.25, -0.2) is 4.98 Å². The highest BCUT2D eigenvalue weighted by molar-refractivity contribution is 6.21. The van der Waals surface area contributed by atoms with Crippen LogP contribution in [0.25, 0.3) is 22.8 Å². The van der Waals surface area contributed by atoms with Crippen LogP contribution in [0.15, 0.2) is 85.2 Å². The number of carbonyl (C=O) groups is 2. The summed E-state index contributed by atoms with van der Waals surface area (Å²) in [6.45, 7) is 0.414. The second-order valence-electron chi connectivity index (χ2n) is 7.94. The van der Waals surface area contributed by atoms with E-state index in [0.717, 1.165) is 47.6 Å². The molecule has 3 aromatic heterocycles. The molecule has 1 aliphatic rings. The summed E-state index contributed by atoms with van der Waals surface area (Å²) in [6.07, 6.45) is 5.87. The van der Waals surface area contributed by atoms with E-state index in [1.807, 2.05) is 36.4 Å². The molecular formula is C27H22N4O2. The standard InChI is InChI=1S/C27H22N4O2/c32-26-20-10-1-2-11-21(20)27(33)31(26)16-8-5-9-19-17-24(22-12-3-6-14-28-22)30-25(18-19)23-13-4-7-15-29-23/h1-4,6-7,10-15,17-18H,5,8-9,16H2. The number of nitrogens with zero attached hydrogens (tertiary/aromatic N) is 4. The minimum Gasteiger partial charge on any atom is -0.274 e. The van der Waals surface area contributed by atoms with E-state index in [2.05, 4.69) is 22.1 Å². The van der Waals surface area contributed by atoms with Gasteiger partial charge in [0.15, 0.2) is 0 Å². The largest absolute Gasteiger partial charge is 0.274 e. The smallest absolute Gasteiger partial charge is 0.261 e. The SMILES string of the molecule is O=C1c2ccccc2C(=O)N1CCCCc1cc(-c2ccccn2)nc(-c2ccccn2)c1. The van der Waals surface area contributed by atoms with Gasteiger partial charge in [0.05, 0.1) is 33.9 Å². The van der Waals surface area contributed by atoms with Gasteiger partial charge in [0, 0.05) is 18.9 Å². The summed E-state index contributed by atoms with van der Waals surface area (Å²) >= 11 is 0. The van der Waals surface area contributed by atoms with Gasteiger partial charge in [-0.1, -0.05) is 24.3 Å². The fourth-order valence-electron chi connectivity index (χ4n) is 4.06. The van der Waals surface area contributed by atoms with Crippen molar-refractivity contribution in [1.82, 2.24) is 19.9 Å². The maximum absolute atomic E-state index is 12.6. The Balaban J connectivity index is 1.30. The van der Waals surface area contributed by atoms with Crippen LogP contribution in [0.3, 0.4) is 0 Å². The van der Waals surface area contributed by atoms with E-state index in [9.17, 15) is 9.59 Å². The van der Waals surface area contributed by atoms with Gasteiger partial charge in [-0.2, -0.15) is 0 Å². The minimum absolute atomic E-state index is 0.200. The van der Waals surface area contributed by atoms with Gasteiger partial charge in [0.1, 0.15) is 0 Å². The van der Waals surface area contributed by atoms with Crippen molar-refractivity contribution in [2.75, 3.05) is 6.54 Å². The Kier molecular flexibility index (Phi) is 5.72. The van der Waals surface area contributed by atoms with Crippen LogP contribution in [0, 0.1) is 0 Å². The molecule has 4 aromatic rings. The molecule has 4 heterocycles. The normalized spacial score (nSPS) is 12.8. The first-order chi connectivity index (χ1) is 16.2. The summed E-state index contributed by atoms with van der Waals surface area (Å²) in [6, 6.07) is 22.6. The van der Waals surface area contributed by atoms with E-state index in [4.69, 9.17) is 4.98 Å². The van der Waals surface area contributed by atoms with Crippen molar-refractivity contribution in [2.24, 2.45) is 0 Å². The van der Waals surface area contributed by atoms with E-state index >= 15 is 0 Å². The number of fused-ring (bicyclic) bond motifs is 1. The number of pyridine rings is 3. The molecule has 0 spiro atoms. The summed E-state index contributed by atoms with van der Waals surface area (Å²) in [5.74, 6) is -0.399. The molecule has 0 atom stereocenters. The van der Waals surface area contributed by atoms with Crippen molar-refractivity contribution >= 4 is 11.8 Å².